The summed E-state index contributed by atoms with van der Waals surface area (Å²) in [7, 11) is 0. The van der Waals surface area contributed by atoms with Crippen molar-refractivity contribution < 1.29 is 60.3 Å². The fourth-order valence-electron chi connectivity index (χ4n) is 2.43. The molecule has 0 amide bonds. The van der Waals surface area contributed by atoms with Crippen molar-refractivity contribution in [3.63, 3.8) is 0 Å². The van der Waals surface area contributed by atoms with Crippen molar-refractivity contribution in [3.8, 4) is 34.5 Å². The molecule has 3 rings (SSSR count). The number of carbonyl (C=O) groups is 3. The molecule has 12 heteroatoms. The molecule has 3 aromatic carbocycles. The Morgan fingerprint density at radius 3 is 0.821 bits per heavy atom. The van der Waals surface area contributed by atoms with Gasteiger partial charge in [0.1, 0.15) is 0 Å². The average molecular weight is 540 g/mol. The van der Waals surface area contributed by atoms with Crippen molar-refractivity contribution in [2.45, 2.75) is 0 Å². The zero-order chi connectivity index (χ0) is 29.5. The van der Waals surface area contributed by atoms with E-state index in [9.17, 15) is 14.4 Å². The Hall–Kier alpha value is -5.91. The summed E-state index contributed by atoms with van der Waals surface area (Å²) in [5.41, 5.74) is 1.54. The van der Waals surface area contributed by atoms with Gasteiger partial charge in [0.2, 0.25) is 0 Å². The molecule has 0 radical (unpaired) electrons. The number of carboxylic acid groups (broad SMARTS) is 3. The van der Waals surface area contributed by atoms with Crippen molar-refractivity contribution in [2.24, 2.45) is 0 Å². The van der Waals surface area contributed by atoms with Gasteiger partial charge in [-0.05, 0) is 71.3 Å². The van der Waals surface area contributed by atoms with Crippen LogP contribution in [0.3, 0.4) is 0 Å². The van der Waals surface area contributed by atoms with Gasteiger partial charge in [0.15, 0.2) is 34.5 Å². The summed E-state index contributed by atoms with van der Waals surface area (Å²) in [6, 6.07) is 12.2. The van der Waals surface area contributed by atoms with E-state index >= 15 is 0 Å². The number of carboxylic acids is 3. The number of benzene rings is 3. The zero-order valence-electron chi connectivity index (χ0n) is 19.9. The average Bonchev–Trinajstić information content (AvgIpc) is 2.87. The van der Waals surface area contributed by atoms with Crippen molar-refractivity contribution in [1.29, 1.82) is 0 Å². The van der Waals surface area contributed by atoms with E-state index in [0.29, 0.717) is 16.7 Å². The van der Waals surface area contributed by atoms with Crippen molar-refractivity contribution in [1.82, 2.24) is 0 Å². The molecule has 3 aromatic rings. The lowest BCUT2D eigenvalue weighted by Crippen LogP contribution is -1.85. The summed E-state index contributed by atoms with van der Waals surface area (Å²) < 4.78 is 0. The highest BCUT2D eigenvalue weighted by Gasteiger charge is 2.00. The molecule has 9 N–H and O–H groups in total. The summed E-state index contributed by atoms with van der Waals surface area (Å²) >= 11 is 0. The van der Waals surface area contributed by atoms with Crippen molar-refractivity contribution in [2.75, 3.05) is 0 Å². The van der Waals surface area contributed by atoms with Gasteiger partial charge in [-0.2, -0.15) is 0 Å². The van der Waals surface area contributed by atoms with Gasteiger partial charge >= 0.3 is 17.9 Å². The Morgan fingerprint density at radius 1 is 0.410 bits per heavy atom. The molecular formula is C27H24O12. The molecule has 0 spiro atoms. The van der Waals surface area contributed by atoms with Crippen LogP contribution in [-0.2, 0) is 14.4 Å². The first-order valence-electron chi connectivity index (χ1n) is 10.6. The molecule has 0 aromatic heterocycles. The fraction of sp³-hybridized carbons (Fsp3) is 0. The van der Waals surface area contributed by atoms with Crippen LogP contribution in [0.15, 0.2) is 72.8 Å². The summed E-state index contributed by atoms with van der Waals surface area (Å²) in [6.07, 6.45) is 6.81. The minimum Gasteiger partial charge on any atom is -0.504 e. The highest BCUT2D eigenvalue weighted by Crippen LogP contribution is 2.26. The quantitative estimate of drug-likeness (QED) is 0.161. The van der Waals surface area contributed by atoms with E-state index in [-0.39, 0.29) is 34.5 Å². The molecule has 0 fully saturated rings. The van der Waals surface area contributed by atoms with E-state index in [1.54, 1.807) is 0 Å². The third kappa shape index (κ3) is 12.6. The maximum absolute atomic E-state index is 10.1. The number of aliphatic carboxylic acids is 3. The van der Waals surface area contributed by atoms with Gasteiger partial charge in [0.25, 0.3) is 0 Å². The molecule has 39 heavy (non-hydrogen) atoms. The first-order valence-corrected chi connectivity index (χ1v) is 10.6. The third-order valence-electron chi connectivity index (χ3n) is 4.25. The van der Waals surface area contributed by atoms with Crippen LogP contribution in [0.1, 0.15) is 16.7 Å². The molecule has 0 atom stereocenters. The van der Waals surface area contributed by atoms with E-state index in [4.69, 9.17) is 46.0 Å². The smallest absolute Gasteiger partial charge is 0.328 e. The molecule has 0 saturated heterocycles. The first-order chi connectivity index (χ1) is 18.3. The third-order valence-corrected chi connectivity index (χ3v) is 4.25. The predicted octanol–water partition coefficient (Wildman–Crippen LogP) is 3.59. The van der Waals surface area contributed by atoms with Gasteiger partial charge in [0.05, 0.1) is 0 Å². The van der Waals surface area contributed by atoms with E-state index in [0.717, 1.165) is 18.2 Å². The van der Waals surface area contributed by atoms with Crippen LogP contribution in [0.25, 0.3) is 18.2 Å². The number of phenols is 6. The first kappa shape index (κ1) is 31.1. The van der Waals surface area contributed by atoms with Crippen LogP contribution in [0.4, 0.5) is 0 Å². The maximum Gasteiger partial charge on any atom is 0.328 e. The van der Waals surface area contributed by atoms with Crippen molar-refractivity contribution >= 4 is 36.1 Å². The second-order valence-electron chi connectivity index (χ2n) is 7.26. The molecule has 0 aliphatic carbocycles. The summed E-state index contributed by atoms with van der Waals surface area (Å²) in [6.45, 7) is 0. The van der Waals surface area contributed by atoms with Gasteiger partial charge < -0.3 is 46.0 Å². The minimum absolute atomic E-state index is 0.229. The normalized spacial score (nSPS) is 10.5. The van der Waals surface area contributed by atoms with E-state index < -0.39 is 17.9 Å². The zero-order valence-corrected chi connectivity index (χ0v) is 19.9. The molecular weight excluding hydrogens is 516 g/mol. The highest BCUT2D eigenvalue weighted by molar-refractivity contribution is 5.86. The molecule has 0 bridgehead atoms. The Kier molecular flexibility index (Phi) is 12.2. The van der Waals surface area contributed by atoms with Crippen LogP contribution in [0.5, 0.6) is 34.5 Å². The number of phenolic OH excluding ortho intramolecular Hbond substituents is 6. The lowest BCUT2D eigenvalue weighted by atomic mass is 10.2. The summed E-state index contributed by atoms with van der Waals surface area (Å²) in [5, 5.41) is 78.8. The molecule has 0 aliphatic rings. The summed E-state index contributed by atoms with van der Waals surface area (Å²) in [5.74, 6) is -4.69. The second kappa shape index (κ2) is 15.3. The van der Waals surface area contributed by atoms with Gasteiger partial charge in [-0.25, -0.2) is 14.4 Å². The molecule has 204 valence electrons. The maximum atomic E-state index is 10.1. The van der Waals surface area contributed by atoms with Gasteiger partial charge in [0, 0.05) is 18.2 Å². The standard InChI is InChI=1S/3C9H8O4/c3*10-7-3-1-6(5-8(7)11)2-4-9(12)13/h3*1-5,10-11H,(H,12,13)/b3*4-2+. The minimum atomic E-state index is -1.06. The Morgan fingerprint density at radius 2 is 0.641 bits per heavy atom. The van der Waals surface area contributed by atoms with E-state index in [1.165, 1.54) is 72.8 Å². The van der Waals surface area contributed by atoms with Crippen LogP contribution in [0.2, 0.25) is 0 Å². The number of aromatic hydroxyl groups is 6. The van der Waals surface area contributed by atoms with Crippen LogP contribution < -0.4 is 0 Å². The Bertz CT molecular complexity index is 1230. The number of hydrogen-bond donors (Lipinski definition) is 9. The van der Waals surface area contributed by atoms with Crippen LogP contribution in [-0.4, -0.2) is 63.9 Å². The number of rotatable bonds is 6. The van der Waals surface area contributed by atoms with Gasteiger partial charge in [-0.1, -0.05) is 18.2 Å². The lowest BCUT2D eigenvalue weighted by Gasteiger charge is -1.97. The molecule has 12 nitrogen and oxygen atoms in total. The monoisotopic (exact) mass is 540 g/mol. The van der Waals surface area contributed by atoms with Crippen LogP contribution in [0, 0.1) is 0 Å². The molecule has 0 aliphatic heterocycles. The molecule has 0 unspecified atom stereocenters. The van der Waals surface area contributed by atoms with E-state index in [1.807, 2.05) is 0 Å². The topological polar surface area (TPSA) is 233 Å². The fourth-order valence-corrected chi connectivity index (χ4v) is 2.43. The van der Waals surface area contributed by atoms with Crippen molar-refractivity contribution in [3.05, 3.63) is 89.5 Å². The summed E-state index contributed by atoms with van der Waals surface area (Å²) in [4.78, 5) is 30.4. The highest BCUT2D eigenvalue weighted by atomic mass is 16.4. The Balaban J connectivity index is 0.000000292. The molecule has 0 heterocycles. The Labute approximate surface area is 220 Å². The van der Waals surface area contributed by atoms with Crippen LogP contribution >= 0.6 is 0 Å². The molecule has 0 saturated carbocycles. The van der Waals surface area contributed by atoms with E-state index in [2.05, 4.69) is 0 Å². The lowest BCUT2D eigenvalue weighted by molar-refractivity contribution is -0.132. The largest absolute Gasteiger partial charge is 0.504 e. The second-order valence-corrected chi connectivity index (χ2v) is 7.26. The SMILES string of the molecule is O=C(O)/C=C/c1ccc(O)c(O)c1.O=C(O)/C=C/c1ccc(O)c(O)c1.O=C(O)/C=C/c1ccc(O)c(O)c1. The van der Waals surface area contributed by atoms with Gasteiger partial charge in [-0.3, -0.25) is 0 Å². The number of hydrogen-bond acceptors (Lipinski definition) is 9. The van der Waals surface area contributed by atoms with Gasteiger partial charge in [-0.15, -0.1) is 0 Å². The predicted molar refractivity (Wildman–Crippen MR) is 139 cm³/mol.